The summed E-state index contributed by atoms with van der Waals surface area (Å²) in [5, 5.41) is 3.69. The number of nitrogens with one attached hydrogen (secondary N) is 1. The number of rotatable bonds is 2. The molecule has 1 saturated heterocycles. The van der Waals surface area contributed by atoms with Crippen molar-refractivity contribution in [3.05, 3.63) is 0 Å². The lowest BCUT2D eigenvalue weighted by Crippen LogP contribution is -2.40. The van der Waals surface area contributed by atoms with E-state index in [2.05, 4.69) is 19.2 Å². The molecule has 14 heavy (non-hydrogen) atoms. The Bertz CT molecular complexity index is 184. The third-order valence-corrected chi connectivity index (χ3v) is 4.80. The molecule has 0 bridgehead atoms. The van der Waals surface area contributed by atoms with Crippen molar-refractivity contribution < 1.29 is 0 Å². The fourth-order valence-corrected chi connectivity index (χ4v) is 3.78. The van der Waals surface area contributed by atoms with E-state index in [-0.39, 0.29) is 0 Å². The van der Waals surface area contributed by atoms with Gasteiger partial charge in [0, 0.05) is 6.04 Å². The smallest absolute Gasteiger partial charge is 0.0121 e. The number of hydrogen-bond donors (Lipinski definition) is 1. The summed E-state index contributed by atoms with van der Waals surface area (Å²) in [5.74, 6) is 1.01. The highest BCUT2D eigenvalue weighted by molar-refractivity contribution is 4.98. The summed E-state index contributed by atoms with van der Waals surface area (Å²) >= 11 is 0. The lowest BCUT2D eigenvalue weighted by Gasteiger charge is -2.41. The van der Waals surface area contributed by atoms with Gasteiger partial charge in [-0.25, -0.2) is 0 Å². The highest BCUT2D eigenvalue weighted by Gasteiger charge is 2.43. The van der Waals surface area contributed by atoms with Crippen LogP contribution in [0.1, 0.15) is 58.8 Å². The number of hydrogen-bond acceptors (Lipinski definition) is 1. The molecule has 0 aromatic carbocycles. The van der Waals surface area contributed by atoms with Crippen molar-refractivity contribution in [1.29, 1.82) is 0 Å². The van der Waals surface area contributed by atoms with Gasteiger partial charge in [0.25, 0.3) is 0 Å². The van der Waals surface area contributed by atoms with Crippen LogP contribution in [0.4, 0.5) is 0 Å². The molecule has 0 amide bonds. The van der Waals surface area contributed by atoms with Gasteiger partial charge in [-0.2, -0.15) is 0 Å². The monoisotopic (exact) mass is 195 g/mol. The van der Waals surface area contributed by atoms with Gasteiger partial charge in [0.05, 0.1) is 0 Å². The summed E-state index contributed by atoms with van der Waals surface area (Å²) < 4.78 is 0. The molecule has 1 aliphatic carbocycles. The van der Waals surface area contributed by atoms with Gasteiger partial charge in [-0.05, 0) is 43.6 Å². The SMILES string of the molecule is CCC1NCCC1(C)C1CCCCC1. The lowest BCUT2D eigenvalue weighted by molar-refractivity contribution is 0.117. The molecule has 1 N–H and O–H groups in total. The van der Waals surface area contributed by atoms with Gasteiger partial charge >= 0.3 is 0 Å². The molecule has 0 spiro atoms. The Balaban J connectivity index is 2.04. The van der Waals surface area contributed by atoms with Crippen LogP contribution in [0.5, 0.6) is 0 Å². The summed E-state index contributed by atoms with van der Waals surface area (Å²) in [6, 6.07) is 0.797. The van der Waals surface area contributed by atoms with Gasteiger partial charge in [-0.15, -0.1) is 0 Å². The van der Waals surface area contributed by atoms with Crippen LogP contribution < -0.4 is 5.32 Å². The van der Waals surface area contributed by atoms with Crippen LogP contribution in [0.3, 0.4) is 0 Å². The Kier molecular flexibility index (Phi) is 3.16. The first-order chi connectivity index (χ1) is 6.77. The first-order valence-electron chi connectivity index (χ1n) is 6.50. The highest BCUT2D eigenvalue weighted by Crippen LogP contribution is 2.46. The Hall–Kier alpha value is -0.0400. The summed E-state index contributed by atoms with van der Waals surface area (Å²) in [4.78, 5) is 0. The van der Waals surface area contributed by atoms with Crippen molar-refractivity contribution in [1.82, 2.24) is 5.32 Å². The lowest BCUT2D eigenvalue weighted by atomic mass is 9.65. The Morgan fingerprint density at radius 2 is 1.93 bits per heavy atom. The van der Waals surface area contributed by atoms with Crippen molar-refractivity contribution in [2.75, 3.05) is 6.54 Å². The van der Waals surface area contributed by atoms with E-state index in [0.717, 1.165) is 12.0 Å². The molecule has 1 heterocycles. The van der Waals surface area contributed by atoms with E-state index in [1.54, 1.807) is 0 Å². The predicted octanol–water partition coefficient (Wildman–Crippen LogP) is 3.34. The van der Waals surface area contributed by atoms with Crippen LogP contribution >= 0.6 is 0 Å². The molecular weight excluding hydrogens is 170 g/mol. The minimum absolute atomic E-state index is 0.620. The second kappa shape index (κ2) is 4.22. The quantitative estimate of drug-likeness (QED) is 0.712. The highest BCUT2D eigenvalue weighted by atomic mass is 15.0. The molecule has 0 aromatic heterocycles. The maximum absolute atomic E-state index is 3.69. The van der Waals surface area contributed by atoms with Crippen LogP contribution in [0.15, 0.2) is 0 Å². The van der Waals surface area contributed by atoms with Crippen molar-refractivity contribution in [3.8, 4) is 0 Å². The zero-order valence-corrected chi connectivity index (χ0v) is 9.81. The minimum atomic E-state index is 0.620. The minimum Gasteiger partial charge on any atom is -0.313 e. The third kappa shape index (κ3) is 1.71. The van der Waals surface area contributed by atoms with Crippen LogP contribution in [0, 0.1) is 11.3 Å². The van der Waals surface area contributed by atoms with Gasteiger partial charge in [-0.1, -0.05) is 33.1 Å². The molecule has 0 aromatic rings. The molecule has 2 aliphatic rings. The van der Waals surface area contributed by atoms with Gasteiger partial charge in [0.2, 0.25) is 0 Å². The second-order valence-corrected chi connectivity index (χ2v) is 5.51. The molecule has 1 saturated carbocycles. The summed E-state index contributed by atoms with van der Waals surface area (Å²) in [5.41, 5.74) is 0.620. The maximum atomic E-state index is 3.69. The van der Waals surface area contributed by atoms with Gasteiger partial charge in [-0.3, -0.25) is 0 Å². The zero-order valence-electron chi connectivity index (χ0n) is 9.81. The van der Waals surface area contributed by atoms with Gasteiger partial charge in [0.1, 0.15) is 0 Å². The molecule has 1 heteroatoms. The average Bonchev–Trinajstić information content (AvgIpc) is 2.62. The Morgan fingerprint density at radius 1 is 1.21 bits per heavy atom. The molecule has 82 valence electrons. The predicted molar refractivity (Wildman–Crippen MR) is 61.4 cm³/mol. The van der Waals surface area contributed by atoms with Gasteiger partial charge in [0.15, 0.2) is 0 Å². The molecule has 2 fully saturated rings. The molecule has 2 rings (SSSR count). The van der Waals surface area contributed by atoms with Crippen LogP contribution in [-0.4, -0.2) is 12.6 Å². The third-order valence-electron chi connectivity index (χ3n) is 4.80. The molecule has 1 nitrogen and oxygen atoms in total. The van der Waals surface area contributed by atoms with Crippen LogP contribution in [0.2, 0.25) is 0 Å². The summed E-state index contributed by atoms with van der Waals surface area (Å²) in [6.07, 6.45) is 10.2. The van der Waals surface area contributed by atoms with E-state index in [1.165, 1.54) is 51.5 Å². The zero-order chi connectivity index (χ0) is 10.0. The molecular formula is C13H25N. The summed E-state index contributed by atoms with van der Waals surface area (Å²) in [6.45, 7) is 6.13. The first-order valence-corrected chi connectivity index (χ1v) is 6.50. The van der Waals surface area contributed by atoms with E-state index in [0.29, 0.717) is 5.41 Å². The van der Waals surface area contributed by atoms with Crippen LogP contribution in [-0.2, 0) is 0 Å². The molecule has 2 atom stereocenters. The fourth-order valence-electron chi connectivity index (χ4n) is 3.78. The van der Waals surface area contributed by atoms with Crippen molar-refractivity contribution >= 4 is 0 Å². The Morgan fingerprint density at radius 3 is 2.57 bits per heavy atom. The maximum Gasteiger partial charge on any atom is 0.0121 e. The summed E-state index contributed by atoms with van der Waals surface area (Å²) in [7, 11) is 0. The van der Waals surface area contributed by atoms with Crippen molar-refractivity contribution in [3.63, 3.8) is 0 Å². The van der Waals surface area contributed by atoms with Crippen LogP contribution in [0.25, 0.3) is 0 Å². The van der Waals surface area contributed by atoms with E-state index < -0.39 is 0 Å². The Labute approximate surface area is 88.7 Å². The normalized spacial score (nSPS) is 40.3. The topological polar surface area (TPSA) is 12.0 Å². The van der Waals surface area contributed by atoms with Gasteiger partial charge < -0.3 is 5.32 Å². The largest absolute Gasteiger partial charge is 0.313 e. The standard InChI is InChI=1S/C13H25N/c1-3-12-13(2,9-10-14-12)11-7-5-4-6-8-11/h11-12,14H,3-10H2,1-2H3. The van der Waals surface area contributed by atoms with E-state index >= 15 is 0 Å². The van der Waals surface area contributed by atoms with E-state index in [9.17, 15) is 0 Å². The average molecular weight is 195 g/mol. The molecule has 1 aliphatic heterocycles. The van der Waals surface area contributed by atoms with Crippen molar-refractivity contribution in [2.45, 2.75) is 64.8 Å². The molecule has 0 radical (unpaired) electrons. The van der Waals surface area contributed by atoms with Crippen molar-refractivity contribution in [2.24, 2.45) is 11.3 Å². The fraction of sp³-hybridized carbons (Fsp3) is 1.00. The van der Waals surface area contributed by atoms with E-state index in [1.807, 2.05) is 0 Å². The first kappa shape index (κ1) is 10.5. The second-order valence-electron chi connectivity index (χ2n) is 5.51. The molecule has 2 unspecified atom stereocenters. The van der Waals surface area contributed by atoms with E-state index in [4.69, 9.17) is 0 Å².